The van der Waals surface area contributed by atoms with Crippen molar-refractivity contribution in [3.63, 3.8) is 0 Å². The van der Waals surface area contributed by atoms with E-state index in [-0.39, 0.29) is 0 Å². The number of aliphatic hydroxyl groups is 1. The number of carbonyl (C=O) groups is 1. The van der Waals surface area contributed by atoms with Gasteiger partial charge in [-0.15, -0.1) is 0 Å². The fourth-order valence-electron chi connectivity index (χ4n) is 2.87. The second kappa shape index (κ2) is 8.43. The Morgan fingerprint density at radius 3 is 1.93 bits per heavy atom. The predicted octanol–water partition coefficient (Wildman–Crippen LogP) is 3.64. The molecule has 0 bridgehead atoms. The van der Waals surface area contributed by atoms with Gasteiger partial charge in [0.05, 0.1) is 6.21 Å². The van der Waals surface area contributed by atoms with Gasteiger partial charge in [-0.1, -0.05) is 91.9 Å². The van der Waals surface area contributed by atoms with Crippen LogP contribution in [0.25, 0.3) is 0 Å². The van der Waals surface area contributed by atoms with Gasteiger partial charge in [-0.2, -0.15) is 5.10 Å². The third-order valence-corrected chi connectivity index (χ3v) is 4.48. The molecule has 0 heterocycles. The number of amides is 1. The van der Waals surface area contributed by atoms with Crippen LogP contribution in [0.2, 0.25) is 0 Å². The van der Waals surface area contributed by atoms with Crippen LogP contribution in [0.15, 0.2) is 90.0 Å². The summed E-state index contributed by atoms with van der Waals surface area (Å²) < 4.78 is 0. The smallest absolute Gasteiger partial charge is 0.281 e. The molecule has 3 aromatic carbocycles. The molecular weight excluding hydrogens is 336 g/mol. The molecule has 0 radical (unpaired) electrons. The van der Waals surface area contributed by atoms with E-state index in [1.807, 2.05) is 36.4 Å². The van der Waals surface area contributed by atoms with E-state index in [2.05, 4.69) is 17.5 Å². The summed E-state index contributed by atoms with van der Waals surface area (Å²) >= 11 is 0. The van der Waals surface area contributed by atoms with Crippen molar-refractivity contribution in [1.29, 1.82) is 0 Å². The van der Waals surface area contributed by atoms with Crippen molar-refractivity contribution >= 4 is 12.1 Å². The molecule has 27 heavy (non-hydrogen) atoms. The molecule has 4 heteroatoms. The number of aryl methyl sites for hydroxylation is 1. The minimum Gasteiger partial charge on any atom is -0.372 e. The Bertz CT molecular complexity index is 865. The number of hydrogen-bond acceptors (Lipinski definition) is 3. The lowest BCUT2D eigenvalue weighted by Crippen LogP contribution is -2.43. The van der Waals surface area contributed by atoms with Crippen LogP contribution < -0.4 is 5.43 Å². The van der Waals surface area contributed by atoms with Crippen molar-refractivity contribution in [3.8, 4) is 0 Å². The van der Waals surface area contributed by atoms with Crippen molar-refractivity contribution in [2.75, 3.05) is 0 Å². The lowest BCUT2D eigenvalue weighted by Gasteiger charge is -2.27. The summed E-state index contributed by atoms with van der Waals surface area (Å²) in [4.78, 5) is 12.9. The molecule has 3 aromatic rings. The fourth-order valence-corrected chi connectivity index (χ4v) is 2.87. The minimum absolute atomic E-state index is 0.483. The van der Waals surface area contributed by atoms with Gasteiger partial charge in [0.15, 0.2) is 5.60 Å². The summed E-state index contributed by atoms with van der Waals surface area (Å²) in [5, 5.41) is 15.3. The summed E-state index contributed by atoms with van der Waals surface area (Å²) in [6, 6.07) is 25.6. The van der Waals surface area contributed by atoms with Crippen LogP contribution in [0.4, 0.5) is 0 Å². The molecule has 0 fully saturated rings. The third kappa shape index (κ3) is 4.13. The Kier molecular flexibility index (Phi) is 5.79. The Hall–Kier alpha value is -3.24. The van der Waals surface area contributed by atoms with E-state index in [1.54, 1.807) is 54.7 Å². The second-order valence-electron chi connectivity index (χ2n) is 6.24. The monoisotopic (exact) mass is 358 g/mol. The van der Waals surface area contributed by atoms with Crippen molar-refractivity contribution in [3.05, 3.63) is 107 Å². The maximum absolute atomic E-state index is 12.9. The molecule has 3 rings (SSSR count). The first-order chi connectivity index (χ1) is 13.1. The Morgan fingerprint density at radius 2 is 1.44 bits per heavy atom. The molecule has 0 spiro atoms. The molecule has 1 amide bonds. The Balaban J connectivity index is 1.84. The van der Waals surface area contributed by atoms with Crippen LogP contribution >= 0.6 is 0 Å². The van der Waals surface area contributed by atoms with E-state index in [0.29, 0.717) is 11.1 Å². The van der Waals surface area contributed by atoms with E-state index >= 15 is 0 Å². The first-order valence-electron chi connectivity index (χ1n) is 8.90. The van der Waals surface area contributed by atoms with Crippen LogP contribution in [0.1, 0.15) is 29.2 Å². The summed E-state index contributed by atoms with van der Waals surface area (Å²) in [5.41, 5.74) is 3.72. The van der Waals surface area contributed by atoms with Gasteiger partial charge in [-0.25, -0.2) is 5.43 Å². The lowest BCUT2D eigenvalue weighted by molar-refractivity contribution is -0.136. The maximum atomic E-state index is 12.9. The van der Waals surface area contributed by atoms with Gasteiger partial charge in [0.25, 0.3) is 5.91 Å². The number of hydrogen-bond donors (Lipinski definition) is 2. The average molecular weight is 358 g/mol. The minimum atomic E-state index is -1.83. The van der Waals surface area contributed by atoms with Gasteiger partial charge < -0.3 is 5.11 Å². The molecule has 0 unspecified atom stereocenters. The third-order valence-electron chi connectivity index (χ3n) is 4.48. The zero-order valence-corrected chi connectivity index (χ0v) is 15.2. The topological polar surface area (TPSA) is 61.7 Å². The Labute approximate surface area is 159 Å². The molecule has 0 aliphatic rings. The number of nitrogens with zero attached hydrogens (tertiary/aromatic N) is 1. The number of hydrazone groups is 1. The highest BCUT2D eigenvalue weighted by molar-refractivity contribution is 5.91. The highest BCUT2D eigenvalue weighted by Gasteiger charge is 2.39. The first kappa shape index (κ1) is 18.5. The summed E-state index contributed by atoms with van der Waals surface area (Å²) in [5.74, 6) is -0.610. The SMILES string of the molecule is CCc1ccc(/C=N\NC(=O)C(O)(c2ccccc2)c2ccccc2)cc1. The summed E-state index contributed by atoms with van der Waals surface area (Å²) in [6.45, 7) is 2.09. The number of benzene rings is 3. The molecule has 0 saturated heterocycles. The van der Waals surface area contributed by atoms with E-state index in [4.69, 9.17) is 0 Å². The largest absolute Gasteiger partial charge is 0.372 e. The first-order valence-corrected chi connectivity index (χ1v) is 8.90. The number of rotatable bonds is 6. The van der Waals surface area contributed by atoms with E-state index in [9.17, 15) is 9.90 Å². The average Bonchev–Trinajstić information content (AvgIpc) is 2.74. The van der Waals surface area contributed by atoms with Gasteiger partial charge >= 0.3 is 0 Å². The van der Waals surface area contributed by atoms with Gasteiger partial charge in [0, 0.05) is 0 Å². The zero-order valence-electron chi connectivity index (χ0n) is 15.2. The standard InChI is InChI=1S/C23H22N2O2/c1-2-18-13-15-19(16-14-18)17-24-25-22(26)23(27,20-9-5-3-6-10-20)21-11-7-4-8-12-21/h3-17,27H,2H2,1H3,(H,25,26)/b24-17-. The zero-order chi connectivity index (χ0) is 19.1. The lowest BCUT2D eigenvalue weighted by atomic mass is 9.85. The molecule has 0 aliphatic heterocycles. The van der Waals surface area contributed by atoms with Crippen LogP contribution in [-0.4, -0.2) is 17.2 Å². The quantitative estimate of drug-likeness (QED) is 0.522. The van der Waals surface area contributed by atoms with Crippen molar-refractivity contribution < 1.29 is 9.90 Å². The molecular formula is C23H22N2O2. The summed E-state index contributed by atoms with van der Waals surface area (Å²) in [6.07, 6.45) is 2.53. The van der Waals surface area contributed by atoms with Crippen LogP contribution in [0.3, 0.4) is 0 Å². The maximum Gasteiger partial charge on any atom is 0.281 e. The number of carbonyl (C=O) groups excluding carboxylic acids is 1. The van der Waals surface area contributed by atoms with E-state index in [1.165, 1.54) is 5.56 Å². The molecule has 0 saturated carbocycles. The summed E-state index contributed by atoms with van der Waals surface area (Å²) in [7, 11) is 0. The molecule has 0 aliphatic carbocycles. The van der Waals surface area contributed by atoms with Gasteiger partial charge in [0.2, 0.25) is 0 Å². The van der Waals surface area contributed by atoms with Gasteiger partial charge in [-0.05, 0) is 28.7 Å². The molecule has 2 N–H and O–H groups in total. The van der Waals surface area contributed by atoms with Gasteiger partial charge in [0.1, 0.15) is 0 Å². The van der Waals surface area contributed by atoms with Crippen molar-refractivity contribution in [2.24, 2.45) is 5.10 Å². The molecule has 4 nitrogen and oxygen atoms in total. The van der Waals surface area contributed by atoms with E-state index in [0.717, 1.165) is 12.0 Å². The normalized spacial score (nSPS) is 11.5. The molecule has 0 aromatic heterocycles. The molecule has 0 atom stereocenters. The second-order valence-corrected chi connectivity index (χ2v) is 6.24. The van der Waals surface area contributed by atoms with Crippen molar-refractivity contribution in [1.82, 2.24) is 5.43 Å². The van der Waals surface area contributed by atoms with Crippen molar-refractivity contribution in [2.45, 2.75) is 18.9 Å². The Morgan fingerprint density at radius 1 is 0.926 bits per heavy atom. The predicted molar refractivity (Wildman–Crippen MR) is 107 cm³/mol. The highest BCUT2D eigenvalue weighted by atomic mass is 16.3. The van der Waals surface area contributed by atoms with Gasteiger partial charge in [-0.3, -0.25) is 4.79 Å². The van der Waals surface area contributed by atoms with Crippen LogP contribution in [0.5, 0.6) is 0 Å². The highest BCUT2D eigenvalue weighted by Crippen LogP contribution is 2.29. The van der Waals surface area contributed by atoms with E-state index < -0.39 is 11.5 Å². The van der Waals surface area contributed by atoms with Crippen LogP contribution in [0, 0.1) is 0 Å². The van der Waals surface area contributed by atoms with Crippen LogP contribution in [-0.2, 0) is 16.8 Å². The molecule has 136 valence electrons. The number of nitrogens with one attached hydrogen (secondary N) is 1. The fraction of sp³-hybridized carbons (Fsp3) is 0.130.